The lowest BCUT2D eigenvalue weighted by Crippen LogP contribution is -2.22. The van der Waals surface area contributed by atoms with Gasteiger partial charge in [-0.1, -0.05) is 12.1 Å². The van der Waals surface area contributed by atoms with Crippen molar-refractivity contribution in [1.29, 1.82) is 0 Å². The van der Waals surface area contributed by atoms with Crippen LogP contribution in [0.2, 0.25) is 0 Å². The molecule has 0 atom stereocenters. The lowest BCUT2D eigenvalue weighted by atomic mass is 10.2. The molecule has 0 aliphatic carbocycles. The van der Waals surface area contributed by atoms with E-state index >= 15 is 0 Å². The van der Waals surface area contributed by atoms with E-state index in [0.29, 0.717) is 17.3 Å². The predicted octanol–water partition coefficient (Wildman–Crippen LogP) is 0.540. The third kappa shape index (κ3) is 2.16. The second-order valence-corrected chi connectivity index (χ2v) is 4.25. The summed E-state index contributed by atoms with van der Waals surface area (Å²) in [4.78, 5) is 19.1. The van der Waals surface area contributed by atoms with Crippen molar-refractivity contribution in [3.05, 3.63) is 47.9 Å². The molecular weight excluding hydrogens is 258 g/mol. The first-order chi connectivity index (χ1) is 9.63. The zero-order valence-corrected chi connectivity index (χ0v) is 10.6. The number of carbonyl (C=O) groups is 1. The Morgan fingerprint density at radius 3 is 3.00 bits per heavy atom. The highest BCUT2D eigenvalue weighted by atomic mass is 16.4. The molecule has 3 rings (SSSR count). The normalized spacial score (nSPS) is 10.7. The van der Waals surface area contributed by atoms with Crippen molar-refractivity contribution in [2.45, 2.75) is 6.92 Å². The van der Waals surface area contributed by atoms with E-state index in [1.807, 2.05) is 6.92 Å². The summed E-state index contributed by atoms with van der Waals surface area (Å²) >= 11 is 0. The molecule has 0 amide bonds. The fraction of sp³-hybridized carbons (Fsp3) is 0.0769. The van der Waals surface area contributed by atoms with Gasteiger partial charge in [0, 0.05) is 17.4 Å². The van der Waals surface area contributed by atoms with Crippen LogP contribution < -0.4 is 10.4 Å². The van der Waals surface area contributed by atoms with Crippen LogP contribution in [-0.4, -0.2) is 25.6 Å². The second-order valence-electron chi connectivity index (χ2n) is 4.25. The van der Waals surface area contributed by atoms with Crippen LogP contribution in [0.4, 0.5) is 11.5 Å². The monoisotopic (exact) mass is 268 g/mol. The van der Waals surface area contributed by atoms with Crippen molar-refractivity contribution in [3.8, 4) is 0 Å². The molecule has 0 saturated heterocycles. The summed E-state index contributed by atoms with van der Waals surface area (Å²) < 4.78 is 1.54. The molecule has 20 heavy (non-hydrogen) atoms. The summed E-state index contributed by atoms with van der Waals surface area (Å²) in [5.74, 6) is -0.0884. The van der Waals surface area contributed by atoms with Gasteiger partial charge < -0.3 is 15.2 Å². The maximum atomic E-state index is 10.9. The van der Waals surface area contributed by atoms with E-state index in [0.717, 1.165) is 5.69 Å². The Morgan fingerprint density at radius 2 is 2.20 bits per heavy atom. The van der Waals surface area contributed by atoms with Gasteiger partial charge in [-0.2, -0.15) is 14.6 Å². The minimum atomic E-state index is -1.22. The molecule has 0 aliphatic rings. The largest absolute Gasteiger partial charge is 0.545 e. The molecule has 2 heterocycles. The average molecular weight is 268 g/mol. The van der Waals surface area contributed by atoms with Gasteiger partial charge in [0.1, 0.15) is 12.1 Å². The summed E-state index contributed by atoms with van der Waals surface area (Å²) in [6.45, 7) is 1.84. The number of aromatic nitrogens is 4. The highest BCUT2D eigenvalue weighted by Crippen LogP contribution is 2.18. The van der Waals surface area contributed by atoms with Crippen molar-refractivity contribution in [2.75, 3.05) is 5.32 Å². The fourth-order valence-corrected chi connectivity index (χ4v) is 1.89. The Balaban J connectivity index is 2.02. The van der Waals surface area contributed by atoms with Crippen LogP contribution in [0, 0.1) is 6.92 Å². The maximum Gasteiger partial charge on any atom is 0.254 e. The van der Waals surface area contributed by atoms with Gasteiger partial charge in [-0.25, -0.2) is 4.98 Å². The zero-order valence-electron chi connectivity index (χ0n) is 10.6. The van der Waals surface area contributed by atoms with Crippen molar-refractivity contribution in [3.63, 3.8) is 0 Å². The maximum absolute atomic E-state index is 10.9. The fourth-order valence-electron chi connectivity index (χ4n) is 1.89. The molecule has 0 spiro atoms. The number of aryl methyl sites for hydroxylation is 1. The van der Waals surface area contributed by atoms with Crippen LogP contribution in [0.15, 0.2) is 36.7 Å². The van der Waals surface area contributed by atoms with E-state index in [4.69, 9.17) is 0 Å². The Kier molecular flexibility index (Phi) is 2.79. The molecule has 0 saturated carbocycles. The lowest BCUT2D eigenvalue weighted by Gasteiger charge is -2.10. The van der Waals surface area contributed by atoms with Crippen LogP contribution in [0.25, 0.3) is 5.78 Å². The summed E-state index contributed by atoms with van der Waals surface area (Å²) in [6.07, 6.45) is 1.41. The van der Waals surface area contributed by atoms with Gasteiger partial charge in [0.05, 0.1) is 5.97 Å². The molecule has 2 aromatic heterocycles. The summed E-state index contributed by atoms with van der Waals surface area (Å²) in [5, 5.41) is 18.0. The predicted molar refractivity (Wildman–Crippen MR) is 69.6 cm³/mol. The number of aromatic carboxylic acids is 1. The van der Waals surface area contributed by atoms with Crippen LogP contribution in [0.1, 0.15) is 16.1 Å². The third-order valence-electron chi connectivity index (χ3n) is 2.75. The molecular formula is C13H10N5O2-. The molecule has 1 aromatic carbocycles. The number of hydrogen-bond donors (Lipinski definition) is 1. The van der Waals surface area contributed by atoms with Crippen LogP contribution in [0.3, 0.4) is 0 Å². The number of carboxylic acid groups (broad SMARTS) is 1. The van der Waals surface area contributed by atoms with E-state index in [1.165, 1.54) is 18.5 Å². The van der Waals surface area contributed by atoms with Gasteiger partial charge in [0.2, 0.25) is 0 Å². The molecule has 0 radical (unpaired) electrons. The molecule has 7 nitrogen and oxygen atoms in total. The van der Waals surface area contributed by atoms with E-state index in [9.17, 15) is 9.90 Å². The second kappa shape index (κ2) is 4.61. The number of carbonyl (C=O) groups excluding carboxylic acids is 1. The highest BCUT2D eigenvalue weighted by molar-refractivity contribution is 5.87. The van der Waals surface area contributed by atoms with Crippen molar-refractivity contribution >= 4 is 23.3 Å². The topological polar surface area (TPSA) is 95.2 Å². The standard InChI is InChI=1S/C13H11N5O2/c1-8-5-11(18-13(16-8)14-7-15-18)17-10-4-2-3-9(6-10)12(19)20/h2-7,17H,1H3,(H,19,20)/p-1. The lowest BCUT2D eigenvalue weighted by molar-refractivity contribution is -0.255. The minimum Gasteiger partial charge on any atom is -0.545 e. The van der Waals surface area contributed by atoms with Gasteiger partial charge in [-0.15, -0.1) is 0 Å². The van der Waals surface area contributed by atoms with Gasteiger partial charge >= 0.3 is 0 Å². The Hall–Kier alpha value is -2.96. The quantitative estimate of drug-likeness (QED) is 0.745. The molecule has 0 bridgehead atoms. The number of fused-ring (bicyclic) bond motifs is 1. The van der Waals surface area contributed by atoms with Crippen LogP contribution in [-0.2, 0) is 0 Å². The Bertz CT molecular complexity index is 796. The van der Waals surface area contributed by atoms with Crippen molar-refractivity contribution in [1.82, 2.24) is 19.6 Å². The number of rotatable bonds is 3. The number of anilines is 2. The minimum absolute atomic E-state index is 0.107. The molecule has 0 aliphatic heterocycles. The van der Waals surface area contributed by atoms with Gasteiger partial charge in [0.15, 0.2) is 0 Å². The Morgan fingerprint density at radius 1 is 1.35 bits per heavy atom. The van der Waals surface area contributed by atoms with E-state index in [2.05, 4.69) is 20.4 Å². The van der Waals surface area contributed by atoms with Gasteiger partial charge in [-0.3, -0.25) is 0 Å². The third-order valence-corrected chi connectivity index (χ3v) is 2.75. The number of carboxylic acids is 1. The summed E-state index contributed by atoms with van der Waals surface area (Å²) in [6, 6.07) is 8.16. The average Bonchev–Trinajstić information content (AvgIpc) is 2.87. The first kappa shape index (κ1) is 12.1. The van der Waals surface area contributed by atoms with E-state index < -0.39 is 5.97 Å². The molecule has 0 unspecified atom stereocenters. The molecule has 3 aromatic rings. The molecule has 7 heteroatoms. The van der Waals surface area contributed by atoms with Crippen molar-refractivity contribution in [2.24, 2.45) is 0 Å². The smallest absolute Gasteiger partial charge is 0.254 e. The number of nitrogens with zero attached hydrogens (tertiary/aromatic N) is 4. The van der Waals surface area contributed by atoms with Gasteiger partial charge in [-0.05, 0) is 24.6 Å². The molecule has 100 valence electrons. The highest BCUT2D eigenvalue weighted by Gasteiger charge is 2.06. The first-order valence-electron chi connectivity index (χ1n) is 5.89. The molecule has 0 fully saturated rings. The number of hydrogen-bond acceptors (Lipinski definition) is 6. The molecule has 1 N–H and O–H groups in total. The first-order valence-corrected chi connectivity index (χ1v) is 5.89. The zero-order chi connectivity index (χ0) is 14.1. The van der Waals surface area contributed by atoms with Crippen LogP contribution >= 0.6 is 0 Å². The van der Waals surface area contributed by atoms with Crippen LogP contribution in [0.5, 0.6) is 0 Å². The van der Waals surface area contributed by atoms with Crippen molar-refractivity contribution < 1.29 is 9.90 Å². The van der Waals surface area contributed by atoms with E-state index in [-0.39, 0.29) is 5.56 Å². The van der Waals surface area contributed by atoms with Gasteiger partial charge in [0.25, 0.3) is 5.78 Å². The number of benzene rings is 1. The summed E-state index contributed by atoms with van der Waals surface area (Å²) in [7, 11) is 0. The number of nitrogens with one attached hydrogen (secondary N) is 1. The SMILES string of the molecule is Cc1cc(Nc2cccc(C(=O)[O-])c2)n2ncnc2n1. The van der Waals surface area contributed by atoms with E-state index in [1.54, 1.807) is 22.7 Å². The summed E-state index contributed by atoms with van der Waals surface area (Å²) in [5.41, 5.74) is 1.51. The Labute approximate surface area is 113 Å².